The Labute approximate surface area is 125 Å². The van der Waals surface area contributed by atoms with Crippen LogP contribution in [-0.2, 0) is 0 Å². The van der Waals surface area contributed by atoms with Gasteiger partial charge in [0.2, 0.25) is 0 Å². The fraction of sp³-hybridized carbons (Fsp3) is 0.600. The molecule has 0 unspecified atom stereocenters. The standard InChI is InChI=1S/C15H24N4O2/c1-2-16-15(19-12-6-3-4-7-12)18-10-9-17-14(20)13-8-5-11-21-13/h5,8,11-12H,2-4,6-7,9-10H2,1H3,(H,17,20)(H2,16,18,19). The minimum atomic E-state index is -0.205. The van der Waals surface area contributed by atoms with E-state index in [1.807, 2.05) is 6.92 Å². The molecule has 21 heavy (non-hydrogen) atoms. The van der Waals surface area contributed by atoms with Crippen molar-refractivity contribution in [1.82, 2.24) is 16.0 Å². The van der Waals surface area contributed by atoms with Gasteiger partial charge >= 0.3 is 0 Å². The van der Waals surface area contributed by atoms with E-state index in [1.54, 1.807) is 12.1 Å². The van der Waals surface area contributed by atoms with Gasteiger partial charge in [-0.3, -0.25) is 9.79 Å². The average molecular weight is 292 g/mol. The molecule has 6 heteroatoms. The highest BCUT2D eigenvalue weighted by atomic mass is 16.3. The molecule has 0 aliphatic heterocycles. The molecule has 116 valence electrons. The predicted molar refractivity (Wildman–Crippen MR) is 82.4 cm³/mol. The van der Waals surface area contributed by atoms with Gasteiger partial charge in [0.1, 0.15) is 0 Å². The number of aliphatic imine (C=N–C) groups is 1. The van der Waals surface area contributed by atoms with E-state index in [4.69, 9.17) is 4.42 Å². The van der Waals surface area contributed by atoms with Crippen LogP contribution in [0.4, 0.5) is 0 Å². The molecule has 0 radical (unpaired) electrons. The predicted octanol–water partition coefficient (Wildman–Crippen LogP) is 1.51. The Morgan fingerprint density at radius 3 is 2.86 bits per heavy atom. The first-order valence-corrected chi connectivity index (χ1v) is 7.66. The summed E-state index contributed by atoms with van der Waals surface area (Å²) in [5.41, 5.74) is 0. The van der Waals surface area contributed by atoms with Gasteiger partial charge in [-0.25, -0.2) is 0 Å². The molecule has 0 atom stereocenters. The van der Waals surface area contributed by atoms with E-state index < -0.39 is 0 Å². The summed E-state index contributed by atoms with van der Waals surface area (Å²) in [5, 5.41) is 9.45. The van der Waals surface area contributed by atoms with Crippen LogP contribution in [-0.4, -0.2) is 37.5 Å². The molecule has 3 N–H and O–H groups in total. The lowest BCUT2D eigenvalue weighted by molar-refractivity contribution is 0.0927. The summed E-state index contributed by atoms with van der Waals surface area (Å²) in [6.45, 7) is 3.90. The summed E-state index contributed by atoms with van der Waals surface area (Å²) in [6, 6.07) is 3.87. The lowest BCUT2D eigenvalue weighted by Gasteiger charge is -2.16. The van der Waals surface area contributed by atoms with E-state index in [2.05, 4.69) is 20.9 Å². The molecule has 0 bridgehead atoms. The molecule has 1 aliphatic rings. The Morgan fingerprint density at radius 1 is 1.38 bits per heavy atom. The fourth-order valence-corrected chi connectivity index (χ4v) is 2.42. The number of hydrogen-bond acceptors (Lipinski definition) is 3. The first-order valence-electron chi connectivity index (χ1n) is 7.66. The first kappa shape index (κ1) is 15.4. The monoisotopic (exact) mass is 292 g/mol. The fourth-order valence-electron chi connectivity index (χ4n) is 2.42. The number of hydrogen-bond donors (Lipinski definition) is 3. The van der Waals surface area contributed by atoms with Gasteiger partial charge in [0, 0.05) is 19.1 Å². The van der Waals surface area contributed by atoms with Crippen LogP contribution in [0.3, 0.4) is 0 Å². The summed E-state index contributed by atoms with van der Waals surface area (Å²) in [6.07, 6.45) is 6.48. The summed E-state index contributed by atoms with van der Waals surface area (Å²) < 4.78 is 5.03. The quantitative estimate of drug-likeness (QED) is 0.422. The molecule has 1 aromatic rings. The van der Waals surface area contributed by atoms with Crippen molar-refractivity contribution in [3.05, 3.63) is 24.2 Å². The normalized spacial score (nSPS) is 16.0. The van der Waals surface area contributed by atoms with Gasteiger partial charge in [0.05, 0.1) is 12.8 Å². The molecule has 6 nitrogen and oxygen atoms in total. The van der Waals surface area contributed by atoms with Gasteiger partial charge in [-0.1, -0.05) is 12.8 Å². The molecule has 1 heterocycles. The zero-order valence-electron chi connectivity index (χ0n) is 12.5. The Morgan fingerprint density at radius 2 is 2.19 bits per heavy atom. The summed E-state index contributed by atoms with van der Waals surface area (Å²) in [5.74, 6) is 0.954. The van der Waals surface area contributed by atoms with Crippen molar-refractivity contribution in [3.8, 4) is 0 Å². The number of guanidine groups is 1. The van der Waals surface area contributed by atoms with Crippen molar-refractivity contribution in [2.75, 3.05) is 19.6 Å². The van der Waals surface area contributed by atoms with E-state index >= 15 is 0 Å². The van der Waals surface area contributed by atoms with Gasteiger partial charge in [-0.2, -0.15) is 0 Å². The average Bonchev–Trinajstić information content (AvgIpc) is 3.16. The van der Waals surface area contributed by atoms with Crippen LogP contribution in [0.25, 0.3) is 0 Å². The Hall–Kier alpha value is -1.98. The van der Waals surface area contributed by atoms with Crippen LogP contribution in [0.15, 0.2) is 27.8 Å². The van der Waals surface area contributed by atoms with Crippen molar-refractivity contribution in [2.24, 2.45) is 4.99 Å². The molecule has 1 saturated carbocycles. The number of carbonyl (C=O) groups is 1. The third-order valence-electron chi connectivity index (χ3n) is 3.45. The Kier molecular flexibility index (Phi) is 6.12. The number of carbonyl (C=O) groups excluding carboxylic acids is 1. The minimum absolute atomic E-state index is 0.205. The van der Waals surface area contributed by atoms with Crippen molar-refractivity contribution >= 4 is 11.9 Å². The van der Waals surface area contributed by atoms with Crippen molar-refractivity contribution in [3.63, 3.8) is 0 Å². The molecular formula is C15H24N4O2. The van der Waals surface area contributed by atoms with Crippen LogP contribution in [0.5, 0.6) is 0 Å². The second kappa shape index (κ2) is 8.34. The van der Waals surface area contributed by atoms with Crippen molar-refractivity contribution < 1.29 is 9.21 Å². The lowest BCUT2D eigenvalue weighted by Crippen LogP contribution is -2.42. The summed E-state index contributed by atoms with van der Waals surface area (Å²) in [7, 11) is 0. The number of nitrogens with zero attached hydrogens (tertiary/aromatic N) is 1. The van der Waals surface area contributed by atoms with E-state index in [0.29, 0.717) is 24.9 Å². The molecule has 1 fully saturated rings. The maximum atomic E-state index is 11.7. The molecule has 0 saturated heterocycles. The molecular weight excluding hydrogens is 268 g/mol. The zero-order chi connectivity index (χ0) is 14.9. The summed E-state index contributed by atoms with van der Waals surface area (Å²) in [4.78, 5) is 16.1. The van der Waals surface area contributed by atoms with Gasteiger partial charge < -0.3 is 20.4 Å². The molecule has 2 rings (SSSR count). The number of furan rings is 1. The highest BCUT2D eigenvalue weighted by Gasteiger charge is 2.15. The molecule has 1 aromatic heterocycles. The highest BCUT2D eigenvalue weighted by Crippen LogP contribution is 2.17. The van der Waals surface area contributed by atoms with Gasteiger partial charge in [0.15, 0.2) is 11.7 Å². The van der Waals surface area contributed by atoms with E-state index in [1.165, 1.54) is 31.9 Å². The van der Waals surface area contributed by atoms with Gasteiger partial charge in [0.25, 0.3) is 5.91 Å². The first-order chi connectivity index (χ1) is 10.3. The van der Waals surface area contributed by atoms with Crippen molar-refractivity contribution in [2.45, 2.75) is 38.6 Å². The maximum absolute atomic E-state index is 11.7. The van der Waals surface area contributed by atoms with Crippen LogP contribution in [0, 0.1) is 0 Å². The summed E-state index contributed by atoms with van der Waals surface area (Å²) >= 11 is 0. The van der Waals surface area contributed by atoms with Crippen LogP contribution in [0.2, 0.25) is 0 Å². The Bertz CT molecular complexity index is 450. The largest absolute Gasteiger partial charge is 0.459 e. The number of nitrogens with one attached hydrogen (secondary N) is 3. The zero-order valence-corrected chi connectivity index (χ0v) is 12.5. The topological polar surface area (TPSA) is 78.7 Å². The van der Waals surface area contributed by atoms with E-state index in [9.17, 15) is 4.79 Å². The van der Waals surface area contributed by atoms with Crippen LogP contribution >= 0.6 is 0 Å². The lowest BCUT2D eigenvalue weighted by atomic mass is 10.2. The second-order valence-corrected chi connectivity index (χ2v) is 5.12. The second-order valence-electron chi connectivity index (χ2n) is 5.12. The third kappa shape index (κ3) is 5.13. The number of rotatable bonds is 6. The minimum Gasteiger partial charge on any atom is -0.459 e. The molecule has 0 spiro atoms. The third-order valence-corrected chi connectivity index (χ3v) is 3.45. The maximum Gasteiger partial charge on any atom is 0.287 e. The van der Waals surface area contributed by atoms with Crippen LogP contribution in [0.1, 0.15) is 43.2 Å². The Balaban J connectivity index is 1.72. The van der Waals surface area contributed by atoms with E-state index in [-0.39, 0.29) is 5.91 Å². The van der Waals surface area contributed by atoms with E-state index in [0.717, 1.165) is 12.5 Å². The van der Waals surface area contributed by atoms with Crippen molar-refractivity contribution in [1.29, 1.82) is 0 Å². The molecule has 1 amide bonds. The highest BCUT2D eigenvalue weighted by molar-refractivity contribution is 5.91. The van der Waals surface area contributed by atoms with Gasteiger partial charge in [-0.05, 0) is 31.9 Å². The smallest absolute Gasteiger partial charge is 0.287 e. The molecule has 1 aliphatic carbocycles. The number of amides is 1. The van der Waals surface area contributed by atoms with Crippen LogP contribution < -0.4 is 16.0 Å². The SMILES string of the molecule is CCNC(=NCCNC(=O)c1ccco1)NC1CCCC1. The van der Waals surface area contributed by atoms with Gasteiger partial charge in [-0.15, -0.1) is 0 Å². The molecule has 0 aromatic carbocycles.